The summed E-state index contributed by atoms with van der Waals surface area (Å²) >= 11 is 0. The number of nitrogens with two attached hydrogens (primary N) is 1. The van der Waals surface area contributed by atoms with Crippen molar-refractivity contribution < 1.29 is 40.6 Å². The van der Waals surface area contributed by atoms with E-state index in [1.54, 1.807) is 4.90 Å². The highest BCUT2D eigenvalue weighted by atomic mass is 19.4. The number of anilines is 2. The number of nitrogens with one attached hydrogen (secondary N) is 1. The van der Waals surface area contributed by atoms with Gasteiger partial charge in [0.15, 0.2) is 6.04 Å². The molecule has 8 nitrogen and oxygen atoms in total. The number of hydrogen-bond donors (Lipinski definition) is 3. The summed E-state index contributed by atoms with van der Waals surface area (Å²) < 4.78 is 100.0. The Labute approximate surface area is 263 Å². The summed E-state index contributed by atoms with van der Waals surface area (Å²) in [5, 5.41) is 11.4. The first-order valence-electron chi connectivity index (χ1n) is 14.6. The molecule has 0 spiro atoms. The van der Waals surface area contributed by atoms with Crippen LogP contribution in [0.5, 0.6) is 0 Å². The maximum Gasteiger partial charge on any atom is 0.417 e. The van der Waals surface area contributed by atoms with Crippen LogP contribution in [0, 0.1) is 11.7 Å². The fourth-order valence-electron chi connectivity index (χ4n) is 6.25. The molecule has 250 valence electrons. The maximum atomic E-state index is 14.7. The molecule has 0 radical (unpaired) electrons. The van der Waals surface area contributed by atoms with Crippen LogP contribution in [0.15, 0.2) is 71.7 Å². The molecule has 0 aliphatic carbocycles. The number of aromatic carboxylic acids is 1. The predicted octanol–water partition coefficient (Wildman–Crippen LogP) is 6.40. The summed E-state index contributed by atoms with van der Waals surface area (Å²) in [5.74, 6) is -2.82. The van der Waals surface area contributed by atoms with Crippen LogP contribution in [0.4, 0.5) is 42.2 Å². The van der Waals surface area contributed by atoms with E-state index in [4.69, 9.17) is 5.73 Å². The Hall–Kier alpha value is -4.66. The predicted molar refractivity (Wildman–Crippen MR) is 160 cm³/mol. The molecule has 47 heavy (non-hydrogen) atoms. The first-order valence-corrected chi connectivity index (χ1v) is 14.6. The van der Waals surface area contributed by atoms with Crippen molar-refractivity contribution in [1.82, 2.24) is 9.38 Å². The highest BCUT2D eigenvalue weighted by molar-refractivity contribution is 5.94. The van der Waals surface area contributed by atoms with Crippen LogP contribution in [0.1, 0.15) is 52.9 Å². The van der Waals surface area contributed by atoms with Crippen LogP contribution in [-0.4, -0.2) is 46.3 Å². The van der Waals surface area contributed by atoms with Gasteiger partial charge in [-0.2, -0.15) is 26.3 Å². The Balaban J connectivity index is 1.63. The summed E-state index contributed by atoms with van der Waals surface area (Å²) in [5.41, 5.74) is 0.772. The minimum absolute atomic E-state index is 0.0352. The van der Waals surface area contributed by atoms with E-state index in [-0.39, 0.29) is 23.2 Å². The number of carboxylic acid groups (broad SMARTS) is 1. The monoisotopic (exact) mass is 665 g/mol. The Morgan fingerprint density at radius 3 is 2.28 bits per heavy atom. The van der Waals surface area contributed by atoms with Gasteiger partial charge in [-0.1, -0.05) is 37.3 Å². The van der Waals surface area contributed by atoms with E-state index in [0.717, 1.165) is 17.7 Å². The number of rotatable bonds is 8. The number of carboxylic acids is 1. The van der Waals surface area contributed by atoms with Crippen LogP contribution in [-0.2, 0) is 11.6 Å². The van der Waals surface area contributed by atoms with Crippen molar-refractivity contribution in [2.45, 2.75) is 43.6 Å². The van der Waals surface area contributed by atoms with Crippen LogP contribution in [0.25, 0.3) is 5.65 Å². The van der Waals surface area contributed by atoms with Crippen molar-refractivity contribution in [3.05, 3.63) is 105 Å². The highest BCUT2D eigenvalue weighted by Gasteiger charge is 2.45. The number of fused-ring (bicyclic) bond motifs is 1. The molecule has 1 fully saturated rings. The number of hydrogen-bond acceptors (Lipinski definition) is 6. The number of nitrogens with zero attached hydrogens (tertiary/aromatic N) is 3. The van der Waals surface area contributed by atoms with E-state index in [2.05, 4.69) is 4.98 Å². The molecule has 2 aromatic heterocycles. The minimum Gasteiger partial charge on any atom is -0.478 e. The fourth-order valence-corrected chi connectivity index (χ4v) is 6.25. The third-order valence-electron chi connectivity index (χ3n) is 8.88. The summed E-state index contributed by atoms with van der Waals surface area (Å²) in [6.45, 7) is 3.04. The largest absolute Gasteiger partial charge is 0.478 e. The summed E-state index contributed by atoms with van der Waals surface area (Å²) in [4.78, 5) is 31.0. The van der Waals surface area contributed by atoms with Gasteiger partial charge in [0.1, 0.15) is 17.3 Å². The normalized spacial score (nSPS) is 16.6. The number of halogens is 7. The third-order valence-corrected chi connectivity index (χ3v) is 8.88. The zero-order chi connectivity index (χ0) is 34.3. The second-order valence-corrected chi connectivity index (χ2v) is 11.6. The van der Waals surface area contributed by atoms with Gasteiger partial charge in [-0.05, 0) is 55.1 Å². The topological polar surface area (TPSA) is 113 Å². The molecule has 2 atom stereocenters. The van der Waals surface area contributed by atoms with Crippen molar-refractivity contribution in [3.8, 4) is 0 Å². The highest BCUT2D eigenvalue weighted by Crippen LogP contribution is 2.43. The number of benzene rings is 2. The lowest BCUT2D eigenvalue weighted by molar-refractivity contribution is -0.145. The third kappa shape index (κ3) is 6.62. The number of piperidine rings is 1. The van der Waals surface area contributed by atoms with Crippen LogP contribution >= 0.6 is 0 Å². The van der Waals surface area contributed by atoms with Crippen molar-refractivity contribution in [1.29, 1.82) is 0 Å². The van der Waals surface area contributed by atoms with E-state index < -0.39 is 63.8 Å². The molecule has 1 unspecified atom stereocenters. The van der Waals surface area contributed by atoms with Crippen molar-refractivity contribution in [2.75, 3.05) is 29.9 Å². The molecular weight excluding hydrogens is 635 g/mol. The second-order valence-electron chi connectivity index (χ2n) is 11.6. The van der Waals surface area contributed by atoms with Crippen molar-refractivity contribution in [2.24, 2.45) is 11.7 Å². The van der Waals surface area contributed by atoms with E-state index in [0.29, 0.717) is 55.2 Å². The standard InChI is InChI=1S/C32H30F7N5O3/c1-18(16-40)30(19-5-3-2-4-6-19)9-11-43(12-10-30)25-15-26(45)44-17-20(31(34,35)36)13-23(28(44)42-25)27(32(37,38)39)41-24-8-7-21(33)14-22(24)29(46)47/h2-8,13-15,17-18,27,41H,9-12,16,40H2,1H3,(H,46,47)/t18-,27?/m1/s1. The molecule has 0 saturated carbocycles. The molecule has 1 saturated heterocycles. The zero-order valence-corrected chi connectivity index (χ0v) is 24.9. The Morgan fingerprint density at radius 2 is 1.70 bits per heavy atom. The molecule has 15 heteroatoms. The van der Waals surface area contributed by atoms with Gasteiger partial charge in [-0.25, -0.2) is 14.2 Å². The molecule has 1 aliphatic rings. The zero-order valence-electron chi connectivity index (χ0n) is 24.9. The van der Waals surface area contributed by atoms with Gasteiger partial charge in [0.25, 0.3) is 5.56 Å². The number of aromatic nitrogens is 2. The molecular formula is C32H30F7N5O3. The molecule has 4 N–H and O–H groups in total. The summed E-state index contributed by atoms with van der Waals surface area (Å²) in [7, 11) is 0. The van der Waals surface area contributed by atoms with Gasteiger partial charge in [0.2, 0.25) is 0 Å². The number of pyridine rings is 1. The second kappa shape index (κ2) is 12.5. The van der Waals surface area contributed by atoms with E-state index in [1.807, 2.05) is 42.6 Å². The molecule has 0 amide bonds. The van der Waals surface area contributed by atoms with Crippen molar-refractivity contribution in [3.63, 3.8) is 0 Å². The average Bonchev–Trinajstić information content (AvgIpc) is 3.02. The van der Waals surface area contributed by atoms with E-state index >= 15 is 0 Å². The van der Waals surface area contributed by atoms with Gasteiger partial charge in [0.05, 0.1) is 11.1 Å². The molecule has 3 heterocycles. The number of carbonyl (C=O) groups is 1. The van der Waals surface area contributed by atoms with E-state index in [1.165, 1.54) is 0 Å². The lowest BCUT2D eigenvalue weighted by Crippen LogP contribution is -2.48. The Bertz CT molecular complexity index is 1840. The Morgan fingerprint density at radius 1 is 1.04 bits per heavy atom. The molecule has 5 rings (SSSR count). The average molecular weight is 666 g/mol. The summed E-state index contributed by atoms with van der Waals surface area (Å²) in [6.07, 6.45) is -9.03. The molecule has 4 aromatic rings. The van der Waals surface area contributed by atoms with Gasteiger partial charge in [-0.3, -0.25) is 9.20 Å². The Kier molecular flexibility index (Phi) is 8.97. The van der Waals surface area contributed by atoms with E-state index in [9.17, 15) is 45.4 Å². The van der Waals surface area contributed by atoms with Crippen molar-refractivity contribution >= 4 is 23.1 Å². The molecule has 2 aromatic carbocycles. The van der Waals surface area contributed by atoms with Gasteiger partial charge < -0.3 is 21.1 Å². The first kappa shape index (κ1) is 33.7. The molecule has 0 bridgehead atoms. The fraction of sp³-hybridized carbons (Fsp3) is 0.344. The lowest BCUT2D eigenvalue weighted by atomic mass is 9.65. The van der Waals surface area contributed by atoms with Gasteiger partial charge >= 0.3 is 18.3 Å². The smallest absolute Gasteiger partial charge is 0.417 e. The number of alkyl halides is 6. The minimum atomic E-state index is -5.33. The SMILES string of the molecule is C[C@H](CN)C1(c2ccccc2)CCN(c2cc(=O)n3cc(C(F)(F)F)cc(C(Nc4ccc(F)cc4C(=O)O)C(F)(F)F)c3n2)CC1. The molecule has 1 aliphatic heterocycles. The van der Waals surface area contributed by atoms with Gasteiger partial charge in [0, 0.05) is 42.0 Å². The maximum absolute atomic E-state index is 14.7. The van der Waals surface area contributed by atoms with Crippen LogP contribution in [0.3, 0.4) is 0 Å². The first-order chi connectivity index (χ1) is 22.0. The summed E-state index contributed by atoms with van der Waals surface area (Å²) in [6, 6.07) is 9.80. The van der Waals surface area contributed by atoms with Crippen LogP contribution in [0.2, 0.25) is 0 Å². The van der Waals surface area contributed by atoms with Gasteiger partial charge in [-0.15, -0.1) is 0 Å². The quantitative estimate of drug-likeness (QED) is 0.187. The lowest BCUT2D eigenvalue weighted by Gasteiger charge is -2.46. The van der Waals surface area contributed by atoms with Crippen LogP contribution < -0.4 is 21.5 Å².